The number of rotatable bonds is 8. The van der Waals surface area contributed by atoms with E-state index >= 15 is 0 Å². The van der Waals surface area contributed by atoms with Gasteiger partial charge in [-0.25, -0.2) is 9.50 Å². The van der Waals surface area contributed by atoms with Crippen LogP contribution in [0.4, 0.5) is 17.2 Å². The van der Waals surface area contributed by atoms with Crippen LogP contribution in [0.25, 0.3) is 5.65 Å². The van der Waals surface area contributed by atoms with Gasteiger partial charge in [0.2, 0.25) is 0 Å². The minimum absolute atomic E-state index is 0.276. The maximum atomic E-state index is 13.1. The molecule has 35 heavy (non-hydrogen) atoms. The Morgan fingerprint density at radius 1 is 1.14 bits per heavy atom. The molecule has 0 spiro atoms. The van der Waals surface area contributed by atoms with Crippen molar-refractivity contribution in [2.75, 3.05) is 55.3 Å². The lowest BCUT2D eigenvalue weighted by molar-refractivity contribution is 0.0398. The minimum Gasteiger partial charge on any atom is -0.381 e. The second-order valence-corrected chi connectivity index (χ2v) is 9.15. The molecule has 1 aliphatic carbocycles. The van der Waals surface area contributed by atoms with E-state index in [1.165, 1.54) is 0 Å². The molecule has 11 heteroatoms. The molecule has 3 aromatic rings. The third-order valence-corrected chi connectivity index (χ3v) is 6.61. The molecular formula is C24H33N9O2. The molecule has 1 amide bonds. The first-order valence-corrected chi connectivity index (χ1v) is 12.3. The molecule has 3 aromatic heterocycles. The highest BCUT2D eigenvalue weighted by Crippen LogP contribution is 2.25. The first-order valence-electron chi connectivity index (χ1n) is 12.3. The predicted octanol–water partition coefficient (Wildman–Crippen LogP) is 1.80. The summed E-state index contributed by atoms with van der Waals surface area (Å²) < 4.78 is 7.06. The van der Waals surface area contributed by atoms with Gasteiger partial charge in [-0.1, -0.05) is 0 Å². The first-order chi connectivity index (χ1) is 17.2. The van der Waals surface area contributed by atoms with Crippen molar-refractivity contribution in [3.63, 3.8) is 0 Å². The fraction of sp³-hybridized carbons (Fsp3) is 0.500. The number of pyridine rings is 1. The monoisotopic (exact) mass is 479 g/mol. The summed E-state index contributed by atoms with van der Waals surface area (Å²) in [6.45, 7) is 5.07. The average Bonchev–Trinajstić information content (AvgIpc) is 3.31. The summed E-state index contributed by atoms with van der Waals surface area (Å²) in [6.07, 6.45) is 8.83. The van der Waals surface area contributed by atoms with Gasteiger partial charge in [0.1, 0.15) is 5.82 Å². The largest absolute Gasteiger partial charge is 0.381 e. The summed E-state index contributed by atoms with van der Waals surface area (Å²) >= 11 is 0. The summed E-state index contributed by atoms with van der Waals surface area (Å²) in [7, 11) is 0. The Hall–Kier alpha value is -3.28. The Labute approximate surface area is 204 Å². The van der Waals surface area contributed by atoms with Gasteiger partial charge in [0, 0.05) is 62.4 Å². The van der Waals surface area contributed by atoms with Crippen molar-refractivity contribution >= 4 is 28.7 Å². The highest BCUT2D eigenvalue weighted by molar-refractivity contribution is 6.03. The molecule has 5 N–H and O–H groups in total. The zero-order valence-corrected chi connectivity index (χ0v) is 19.8. The molecule has 1 saturated carbocycles. The van der Waals surface area contributed by atoms with E-state index in [4.69, 9.17) is 15.6 Å². The first kappa shape index (κ1) is 23.5. The Kier molecular flexibility index (Phi) is 7.36. The van der Waals surface area contributed by atoms with E-state index in [-0.39, 0.29) is 11.9 Å². The Bertz CT molecular complexity index is 1120. The number of nitrogens with two attached hydrogens (primary N) is 1. The van der Waals surface area contributed by atoms with Crippen LogP contribution < -0.4 is 21.7 Å². The Morgan fingerprint density at radius 2 is 1.91 bits per heavy atom. The molecule has 1 aliphatic heterocycles. The zero-order chi connectivity index (χ0) is 24.0. The van der Waals surface area contributed by atoms with Crippen molar-refractivity contribution in [2.24, 2.45) is 5.73 Å². The van der Waals surface area contributed by atoms with Gasteiger partial charge in [-0.15, -0.1) is 5.10 Å². The van der Waals surface area contributed by atoms with Crippen LogP contribution in [0, 0.1) is 0 Å². The van der Waals surface area contributed by atoms with Gasteiger partial charge in [-0.2, -0.15) is 0 Å². The third-order valence-electron chi connectivity index (χ3n) is 6.61. The fourth-order valence-electron chi connectivity index (χ4n) is 4.60. The van der Waals surface area contributed by atoms with E-state index in [9.17, 15) is 4.79 Å². The van der Waals surface area contributed by atoms with Crippen molar-refractivity contribution < 1.29 is 9.53 Å². The smallest absolute Gasteiger partial charge is 0.276 e. The molecule has 5 rings (SSSR count). The average molecular weight is 480 g/mol. The molecular weight excluding hydrogens is 446 g/mol. The third kappa shape index (κ3) is 5.87. The molecule has 2 fully saturated rings. The summed E-state index contributed by atoms with van der Waals surface area (Å²) in [5, 5.41) is 14.7. The van der Waals surface area contributed by atoms with Gasteiger partial charge in [0.05, 0.1) is 25.1 Å². The van der Waals surface area contributed by atoms with Crippen molar-refractivity contribution in [2.45, 2.75) is 37.8 Å². The topological polar surface area (TPSA) is 135 Å². The van der Waals surface area contributed by atoms with Crippen LogP contribution in [-0.2, 0) is 4.74 Å². The molecule has 11 nitrogen and oxygen atoms in total. The Morgan fingerprint density at radius 3 is 2.69 bits per heavy atom. The van der Waals surface area contributed by atoms with Gasteiger partial charge in [0.25, 0.3) is 5.91 Å². The number of morpholine rings is 1. The molecule has 0 aromatic carbocycles. The zero-order valence-electron chi connectivity index (χ0n) is 19.8. The van der Waals surface area contributed by atoms with Crippen LogP contribution in [-0.4, -0.2) is 81.9 Å². The lowest BCUT2D eigenvalue weighted by Crippen LogP contribution is -2.39. The van der Waals surface area contributed by atoms with Crippen LogP contribution in [0.2, 0.25) is 0 Å². The van der Waals surface area contributed by atoms with Gasteiger partial charge < -0.3 is 26.4 Å². The second-order valence-electron chi connectivity index (χ2n) is 9.15. The van der Waals surface area contributed by atoms with E-state index in [1.807, 2.05) is 6.07 Å². The summed E-state index contributed by atoms with van der Waals surface area (Å²) in [6, 6.07) is 6.06. The lowest BCUT2D eigenvalue weighted by atomic mass is 9.92. The van der Waals surface area contributed by atoms with Crippen molar-refractivity contribution in [1.82, 2.24) is 24.5 Å². The van der Waals surface area contributed by atoms with E-state index in [2.05, 4.69) is 30.8 Å². The quantitative estimate of drug-likeness (QED) is 0.381. The standard InChI is InChI=1S/C24H33N9O2/c25-17-1-3-18(4-2-17)29-22-15-20(27-9-10-32-11-13-35-14-12-32)23-28-16-21(33(23)31-22)24(34)30-19-5-7-26-8-6-19/h5-8,15-18,27H,1-4,9-14,25H2,(H,29,31)(H,26,30,34). The molecule has 0 radical (unpaired) electrons. The van der Waals surface area contributed by atoms with Crippen LogP contribution >= 0.6 is 0 Å². The predicted molar refractivity (Wildman–Crippen MR) is 135 cm³/mol. The number of imidazole rings is 1. The number of hydrogen-bond donors (Lipinski definition) is 4. The molecule has 0 unspecified atom stereocenters. The molecule has 4 heterocycles. The number of carbonyl (C=O) groups is 1. The summed E-state index contributed by atoms with van der Waals surface area (Å²) in [4.78, 5) is 24.0. The van der Waals surface area contributed by atoms with E-state index in [1.54, 1.807) is 35.2 Å². The van der Waals surface area contributed by atoms with Crippen molar-refractivity contribution in [1.29, 1.82) is 0 Å². The van der Waals surface area contributed by atoms with Gasteiger partial charge >= 0.3 is 0 Å². The summed E-state index contributed by atoms with van der Waals surface area (Å²) in [5.41, 5.74) is 8.56. The molecule has 186 valence electrons. The number of carbonyl (C=O) groups excluding carboxylic acids is 1. The van der Waals surface area contributed by atoms with Crippen LogP contribution in [0.1, 0.15) is 36.2 Å². The minimum atomic E-state index is -0.281. The number of anilines is 3. The molecule has 1 saturated heterocycles. The fourth-order valence-corrected chi connectivity index (χ4v) is 4.60. The highest BCUT2D eigenvalue weighted by atomic mass is 16.5. The molecule has 2 aliphatic rings. The summed E-state index contributed by atoms with van der Waals surface area (Å²) in [5.74, 6) is 0.430. The maximum absolute atomic E-state index is 13.1. The number of nitrogens with zero attached hydrogens (tertiary/aromatic N) is 5. The number of amides is 1. The van der Waals surface area contributed by atoms with Crippen LogP contribution in [0.5, 0.6) is 0 Å². The number of hydrogen-bond acceptors (Lipinski definition) is 9. The number of ether oxygens (including phenoxy) is 1. The highest BCUT2D eigenvalue weighted by Gasteiger charge is 2.21. The molecule has 0 atom stereocenters. The maximum Gasteiger partial charge on any atom is 0.276 e. The normalized spacial score (nSPS) is 21.1. The van der Waals surface area contributed by atoms with E-state index in [0.717, 1.165) is 70.8 Å². The number of nitrogens with one attached hydrogen (secondary N) is 3. The number of fused-ring (bicyclic) bond motifs is 1. The van der Waals surface area contributed by atoms with Gasteiger partial charge in [-0.05, 0) is 37.8 Å². The SMILES string of the molecule is NC1CCC(Nc2cc(NCCN3CCOCC3)c3ncc(C(=O)Nc4ccncc4)n3n2)CC1. The second kappa shape index (κ2) is 11.0. The van der Waals surface area contributed by atoms with Crippen LogP contribution in [0.15, 0.2) is 36.8 Å². The van der Waals surface area contributed by atoms with E-state index < -0.39 is 0 Å². The van der Waals surface area contributed by atoms with Crippen molar-refractivity contribution in [3.8, 4) is 0 Å². The lowest BCUT2D eigenvalue weighted by Gasteiger charge is -2.27. The number of aromatic nitrogens is 4. The molecule has 0 bridgehead atoms. The Balaban J connectivity index is 1.38. The van der Waals surface area contributed by atoms with E-state index in [0.29, 0.717) is 28.9 Å². The van der Waals surface area contributed by atoms with Gasteiger partial charge in [0.15, 0.2) is 11.3 Å². The van der Waals surface area contributed by atoms with Crippen LogP contribution in [0.3, 0.4) is 0 Å². The van der Waals surface area contributed by atoms with Crippen molar-refractivity contribution in [3.05, 3.63) is 42.5 Å². The van der Waals surface area contributed by atoms with Gasteiger partial charge in [-0.3, -0.25) is 14.7 Å².